The molecule has 0 aliphatic heterocycles. The van der Waals surface area contributed by atoms with Crippen LogP contribution in [-0.2, 0) is 16.4 Å². The first-order valence-electron chi connectivity index (χ1n) is 9.95. The molecule has 158 valence electrons. The van der Waals surface area contributed by atoms with E-state index in [2.05, 4.69) is 13.8 Å². The first-order chi connectivity index (χ1) is 13.6. The number of aliphatic hydroxyl groups is 1. The number of hydrogen-bond donors (Lipinski definition) is 1. The van der Waals surface area contributed by atoms with E-state index < -0.39 is 10.0 Å². The average molecular weight is 418 g/mol. The van der Waals surface area contributed by atoms with E-state index in [1.807, 2.05) is 37.3 Å². The number of benzene rings is 2. The second-order valence-electron chi connectivity index (χ2n) is 8.51. The number of hydrogen-bond acceptors (Lipinski definition) is 4. The predicted octanol–water partition coefficient (Wildman–Crippen LogP) is 3.74. The molecule has 2 unspecified atom stereocenters. The molecule has 5 nitrogen and oxygen atoms in total. The van der Waals surface area contributed by atoms with E-state index in [0.717, 1.165) is 22.4 Å². The molecule has 0 amide bonds. The minimum Gasteiger partial charge on any atom is -0.497 e. The Balaban J connectivity index is 2.05. The fourth-order valence-corrected chi connectivity index (χ4v) is 6.11. The first-order valence-corrected chi connectivity index (χ1v) is 11.4. The molecule has 1 aliphatic rings. The van der Waals surface area contributed by atoms with Crippen molar-refractivity contribution in [2.45, 2.75) is 50.5 Å². The number of fused-ring (bicyclic) bond motifs is 1. The van der Waals surface area contributed by atoms with Crippen molar-refractivity contribution in [2.75, 3.05) is 20.8 Å². The molecule has 0 bridgehead atoms. The topological polar surface area (TPSA) is 66.8 Å². The van der Waals surface area contributed by atoms with Gasteiger partial charge in [0.1, 0.15) is 5.75 Å². The summed E-state index contributed by atoms with van der Waals surface area (Å²) in [5, 5.41) is 9.73. The number of rotatable bonds is 6. The van der Waals surface area contributed by atoms with Crippen LogP contribution in [0.3, 0.4) is 0 Å². The molecule has 29 heavy (non-hydrogen) atoms. The molecule has 2 aromatic rings. The SMILES string of the molecule is COc1ccc2c(c1)C(CCO)C(C)(C)C(N(C)S(=O)(=O)c1ccc(C)cc1)C2. The van der Waals surface area contributed by atoms with Gasteiger partial charge in [0.15, 0.2) is 0 Å². The van der Waals surface area contributed by atoms with Crippen molar-refractivity contribution in [1.82, 2.24) is 4.31 Å². The van der Waals surface area contributed by atoms with Crippen molar-refractivity contribution in [3.8, 4) is 5.75 Å². The van der Waals surface area contributed by atoms with E-state index in [1.54, 1.807) is 26.3 Å². The second-order valence-corrected chi connectivity index (χ2v) is 10.5. The zero-order chi connectivity index (χ0) is 21.4. The Morgan fingerprint density at radius 3 is 2.41 bits per heavy atom. The van der Waals surface area contributed by atoms with E-state index in [4.69, 9.17) is 4.74 Å². The van der Waals surface area contributed by atoms with Gasteiger partial charge in [0.05, 0.1) is 12.0 Å². The van der Waals surface area contributed by atoms with E-state index in [-0.39, 0.29) is 24.0 Å². The molecule has 0 aromatic heterocycles. The maximum absolute atomic E-state index is 13.4. The third-order valence-electron chi connectivity index (χ3n) is 6.45. The third-order valence-corrected chi connectivity index (χ3v) is 8.33. The van der Waals surface area contributed by atoms with Crippen molar-refractivity contribution in [3.05, 3.63) is 59.2 Å². The highest BCUT2D eigenvalue weighted by Gasteiger charge is 2.47. The monoisotopic (exact) mass is 417 g/mol. The molecule has 6 heteroatoms. The minimum atomic E-state index is -3.63. The van der Waals surface area contributed by atoms with Crippen molar-refractivity contribution in [2.24, 2.45) is 5.41 Å². The number of aliphatic hydroxyl groups excluding tert-OH is 1. The summed E-state index contributed by atoms with van der Waals surface area (Å²) in [6, 6.07) is 12.7. The van der Waals surface area contributed by atoms with Crippen LogP contribution < -0.4 is 4.74 Å². The third kappa shape index (κ3) is 3.93. The predicted molar refractivity (Wildman–Crippen MR) is 115 cm³/mol. The highest BCUT2D eigenvalue weighted by molar-refractivity contribution is 7.89. The van der Waals surface area contributed by atoms with Gasteiger partial charge in [-0.2, -0.15) is 4.31 Å². The molecular formula is C23H31NO4S. The van der Waals surface area contributed by atoms with Crippen molar-refractivity contribution >= 4 is 10.0 Å². The molecular weight excluding hydrogens is 386 g/mol. The van der Waals surface area contributed by atoms with E-state index in [0.29, 0.717) is 17.7 Å². The molecule has 0 fully saturated rings. The maximum atomic E-state index is 13.4. The Morgan fingerprint density at radius 1 is 1.17 bits per heavy atom. The Morgan fingerprint density at radius 2 is 1.83 bits per heavy atom. The van der Waals surface area contributed by atoms with Crippen molar-refractivity contribution in [1.29, 1.82) is 0 Å². The van der Waals surface area contributed by atoms with Gasteiger partial charge < -0.3 is 9.84 Å². The molecule has 1 N–H and O–H groups in total. The fourth-order valence-electron chi connectivity index (χ4n) is 4.61. The molecule has 0 spiro atoms. The zero-order valence-electron chi connectivity index (χ0n) is 17.8. The number of sulfonamides is 1. The highest BCUT2D eigenvalue weighted by Crippen LogP contribution is 2.50. The van der Waals surface area contributed by atoms with Crippen molar-refractivity contribution in [3.63, 3.8) is 0 Å². The maximum Gasteiger partial charge on any atom is 0.243 e. The normalized spacial score (nSPS) is 21.1. The van der Waals surface area contributed by atoms with Crippen LogP contribution in [-0.4, -0.2) is 44.6 Å². The quantitative estimate of drug-likeness (QED) is 0.778. The van der Waals surface area contributed by atoms with Gasteiger partial charge in [0, 0.05) is 19.7 Å². The van der Waals surface area contributed by atoms with Gasteiger partial charge >= 0.3 is 0 Å². The summed E-state index contributed by atoms with van der Waals surface area (Å²) >= 11 is 0. The lowest BCUT2D eigenvalue weighted by Crippen LogP contribution is -2.52. The largest absolute Gasteiger partial charge is 0.497 e. The van der Waals surface area contributed by atoms with Gasteiger partial charge in [0.25, 0.3) is 0 Å². The standard InChI is InChI=1S/C23H31NO4S/c1-16-6-10-19(11-7-16)29(26,27)24(4)22-14-17-8-9-18(28-5)15-20(17)21(12-13-25)23(22,2)3/h6-11,15,21-22,25H,12-14H2,1-5H3. The number of methoxy groups -OCH3 is 1. The van der Waals surface area contributed by atoms with Crippen LogP contribution in [0.5, 0.6) is 5.75 Å². The molecule has 0 saturated carbocycles. The first kappa shape index (κ1) is 21.8. The summed E-state index contributed by atoms with van der Waals surface area (Å²) in [4.78, 5) is 0.306. The van der Waals surface area contributed by atoms with E-state index in [1.165, 1.54) is 4.31 Å². The summed E-state index contributed by atoms with van der Waals surface area (Å²) in [6.07, 6.45) is 1.19. The Bertz CT molecular complexity index is 967. The fraction of sp³-hybridized carbons (Fsp3) is 0.478. The second kappa shape index (κ2) is 8.09. The van der Waals surface area contributed by atoms with Crippen LogP contribution in [0.1, 0.15) is 42.9 Å². The van der Waals surface area contributed by atoms with Crippen LogP contribution in [0.15, 0.2) is 47.4 Å². The van der Waals surface area contributed by atoms with Crippen LogP contribution in [0.4, 0.5) is 0 Å². The van der Waals surface area contributed by atoms with E-state index in [9.17, 15) is 13.5 Å². The number of likely N-dealkylation sites (N-methyl/N-ethyl adjacent to an activating group) is 1. The Kier molecular flexibility index (Phi) is 6.08. The molecule has 2 atom stereocenters. The van der Waals surface area contributed by atoms with Gasteiger partial charge in [-0.15, -0.1) is 0 Å². The number of aryl methyl sites for hydroxylation is 1. The molecule has 1 aliphatic carbocycles. The lowest BCUT2D eigenvalue weighted by molar-refractivity contribution is 0.108. The molecule has 0 heterocycles. The smallest absolute Gasteiger partial charge is 0.243 e. The number of nitrogens with zero attached hydrogens (tertiary/aromatic N) is 1. The summed E-state index contributed by atoms with van der Waals surface area (Å²) < 4.78 is 33.7. The molecule has 0 radical (unpaired) electrons. The number of ether oxygens (including phenoxy) is 1. The summed E-state index contributed by atoms with van der Waals surface area (Å²) in [5.41, 5.74) is 2.91. The van der Waals surface area contributed by atoms with Gasteiger partial charge in [0.2, 0.25) is 10.0 Å². The zero-order valence-corrected chi connectivity index (χ0v) is 18.7. The van der Waals surface area contributed by atoms with Gasteiger partial charge in [-0.3, -0.25) is 0 Å². The van der Waals surface area contributed by atoms with E-state index >= 15 is 0 Å². The minimum absolute atomic E-state index is 0.0204. The van der Waals surface area contributed by atoms with Crippen LogP contribution in [0.25, 0.3) is 0 Å². The Labute approximate surface area is 174 Å². The Hall–Kier alpha value is -1.89. The van der Waals surface area contributed by atoms with Crippen LogP contribution >= 0.6 is 0 Å². The average Bonchev–Trinajstić information content (AvgIpc) is 2.69. The molecule has 0 saturated heterocycles. The lowest BCUT2D eigenvalue weighted by Gasteiger charge is -2.49. The van der Waals surface area contributed by atoms with Gasteiger partial charge in [-0.25, -0.2) is 8.42 Å². The van der Waals surface area contributed by atoms with Crippen molar-refractivity contribution < 1.29 is 18.3 Å². The molecule has 3 rings (SSSR count). The van der Waals surface area contributed by atoms with Gasteiger partial charge in [-0.1, -0.05) is 37.6 Å². The van der Waals surface area contributed by atoms with Crippen LogP contribution in [0.2, 0.25) is 0 Å². The van der Waals surface area contributed by atoms with Crippen LogP contribution in [0, 0.1) is 12.3 Å². The van der Waals surface area contributed by atoms with Gasteiger partial charge in [-0.05, 0) is 66.5 Å². The highest BCUT2D eigenvalue weighted by atomic mass is 32.2. The summed E-state index contributed by atoms with van der Waals surface area (Å²) in [5.74, 6) is 0.800. The summed E-state index contributed by atoms with van der Waals surface area (Å²) in [6.45, 7) is 6.18. The molecule has 2 aromatic carbocycles. The lowest BCUT2D eigenvalue weighted by atomic mass is 9.62. The summed E-state index contributed by atoms with van der Waals surface area (Å²) in [7, 11) is -0.321.